The van der Waals surface area contributed by atoms with Gasteiger partial charge in [0.2, 0.25) is 94.5 Å². The molecule has 0 saturated carbocycles. The monoisotopic (exact) mass is 1920 g/mol. The molecule has 2 aromatic heterocycles. The zero-order chi connectivity index (χ0) is 102. The normalized spacial score (nSPS) is 15.0. The van der Waals surface area contributed by atoms with Gasteiger partial charge in [-0.3, -0.25) is 96.5 Å². The van der Waals surface area contributed by atoms with Crippen molar-refractivity contribution in [2.45, 2.75) is 217 Å². The zero-order valence-electron chi connectivity index (χ0n) is 75.5. The fourth-order valence-electron chi connectivity index (χ4n) is 14.1. The SMILES string of the molecule is CC[C@H](C)[C@H](NC(=O)[C@H](CCC(=O)O)NC(=O)[C@H](C)NC(=O)[C@H](Cc1c[nH]cn1)NC(=O)[C@H](C)NC(=O)[C@H](C)NC(=O)[C@H](Cc1c[nH]cn1)NC(=O)[C@@H](NC(=O)CNC(=O)[C@H](CCC(N)=O)NC(=O)c1ccc2c(c1)C(=O)OC21c2ccc(O)cc2Oc2cc(O)ccc21)C(C)C)C(=O)N[C@@H](CC(N)=O)C(=O)N[C@@H](CCC(=O)O)C(=O)N[C@@H](C)C(=O)NCC(=O)N[C@@H](CCCNC(=N)N)C(=O)O. The number of hydrogen-bond donors (Lipinski definition) is 27. The molecule has 52 nitrogen and oxygen atoms in total. The van der Waals surface area contributed by atoms with E-state index in [0.717, 1.165) is 13.8 Å². The first kappa shape index (κ1) is 108. The molecule has 0 aliphatic carbocycles. The maximum Gasteiger partial charge on any atom is 0.340 e. The second kappa shape index (κ2) is 49.9. The van der Waals surface area contributed by atoms with E-state index < -0.39 is 272 Å². The first-order valence-electron chi connectivity index (χ1n) is 43.1. The summed E-state index contributed by atoms with van der Waals surface area (Å²) in [6, 6.07) is -8.86. The molecule has 17 amide bonds. The number of amides is 17. The van der Waals surface area contributed by atoms with Gasteiger partial charge in [0, 0.05) is 85.4 Å². The topological polar surface area (TPSA) is 830 Å². The van der Waals surface area contributed by atoms with Crippen molar-refractivity contribution in [2.24, 2.45) is 29.0 Å². The molecule has 740 valence electrons. The van der Waals surface area contributed by atoms with Gasteiger partial charge in [-0.05, 0) is 108 Å². The van der Waals surface area contributed by atoms with Gasteiger partial charge < -0.3 is 147 Å². The number of hydrogen-bond acceptors (Lipinski definition) is 28. The van der Waals surface area contributed by atoms with E-state index in [9.17, 15) is 126 Å². The number of guanidine groups is 1. The van der Waals surface area contributed by atoms with Crippen LogP contribution in [-0.2, 0) is 114 Å². The molecule has 14 atom stereocenters. The summed E-state index contributed by atoms with van der Waals surface area (Å²) in [4.78, 5) is 296. The molecule has 2 aliphatic heterocycles. The molecule has 2 aliphatic rings. The number of carboxylic acid groups (broad SMARTS) is 3. The highest BCUT2D eigenvalue weighted by atomic mass is 16.6. The summed E-state index contributed by atoms with van der Waals surface area (Å²) in [5, 5.41) is 94.7. The van der Waals surface area contributed by atoms with Gasteiger partial charge >= 0.3 is 23.9 Å². The van der Waals surface area contributed by atoms with E-state index in [1.165, 1.54) is 114 Å². The molecule has 0 unspecified atom stereocenters. The Morgan fingerprint density at radius 2 is 0.876 bits per heavy atom. The Bertz CT molecular complexity index is 5310. The lowest BCUT2D eigenvalue weighted by atomic mass is 9.77. The largest absolute Gasteiger partial charge is 0.508 e. The van der Waals surface area contributed by atoms with Crippen LogP contribution in [0.3, 0.4) is 0 Å². The van der Waals surface area contributed by atoms with Gasteiger partial charge in [0.05, 0.1) is 49.1 Å². The minimum absolute atomic E-state index is 0.0799. The average molecular weight is 1920 g/mol. The smallest absolute Gasteiger partial charge is 0.340 e. The predicted molar refractivity (Wildman–Crippen MR) is 473 cm³/mol. The third-order valence-electron chi connectivity index (χ3n) is 21.7. The van der Waals surface area contributed by atoms with Crippen LogP contribution in [0.15, 0.2) is 79.6 Å². The number of carbonyl (C=O) groups is 21. The molecule has 0 saturated heterocycles. The van der Waals surface area contributed by atoms with Gasteiger partial charge in [-0.1, -0.05) is 40.2 Å². The van der Waals surface area contributed by atoms with Crippen molar-refractivity contribution >= 4 is 130 Å². The number of phenols is 2. The second-order valence-electron chi connectivity index (χ2n) is 32.7. The number of primary amides is 2. The average Bonchev–Trinajstić information content (AvgIpc) is 1.55. The van der Waals surface area contributed by atoms with E-state index in [1.807, 2.05) is 0 Å². The molecule has 7 rings (SSSR count). The van der Waals surface area contributed by atoms with Gasteiger partial charge in [-0.15, -0.1) is 0 Å². The number of imidazole rings is 2. The molecule has 0 radical (unpaired) electrons. The highest BCUT2D eigenvalue weighted by Gasteiger charge is 2.54. The number of nitrogens with two attached hydrogens (primary N) is 3. The summed E-state index contributed by atoms with van der Waals surface area (Å²) in [5.74, 6) is -25.4. The van der Waals surface area contributed by atoms with Crippen LogP contribution in [0.25, 0.3) is 0 Å². The number of rotatable bonds is 53. The molecule has 1 spiro atoms. The van der Waals surface area contributed by atoms with Crippen LogP contribution in [0.5, 0.6) is 23.0 Å². The Hall–Kier alpha value is -16.4. The Morgan fingerprint density at radius 3 is 1.36 bits per heavy atom. The quantitative estimate of drug-likeness (QED) is 0.00745. The predicted octanol–water partition coefficient (Wildman–Crippen LogP) is -6.25. The number of nitrogens with one attached hydrogen (secondary N) is 19. The summed E-state index contributed by atoms with van der Waals surface area (Å²) >= 11 is 0. The number of aromatic nitrogens is 4. The van der Waals surface area contributed by atoms with Crippen LogP contribution in [-0.4, -0.2) is 274 Å². The molecule has 4 heterocycles. The van der Waals surface area contributed by atoms with Crippen LogP contribution in [0.4, 0.5) is 0 Å². The van der Waals surface area contributed by atoms with Crippen molar-refractivity contribution in [3.63, 3.8) is 0 Å². The number of carbonyl (C=O) groups excluding carboxylic acids is 18. The molecule has 137 heavy (non-hydrogen) atoms. The van der Waals surface area contributed by atoms with E-state index >= 15 is 0 Å². The lowest BCUT2D eigenvalue weighted by Crippen LogP contribution is -2.61. The number of esters is 1. The summed E-state index contributed by atoms with van der Waals surface area (Å²) in [6.45, 7) is 9.25. The fourth-order valence-corrected chi connectivity index (χ4v) is 14.1. The van der Waals surface area contributed by atoms with Crippen molar-refractivity contribution in [3.05, 3.63) is 119 Å². The van der Waals surface area contributed by atoms with Crippen LogP contribution in [0, 0.1) is 17.2 Å². The third kappa shape index (κ3) is 31.4. The number of fused-ring (bicyclic) bond motifs is 6. The lowest BCUT2D eigenvalue weighted by Gasteiger charge is -2.36. The van der Waals surface area contributed by atoms with Gasteiger partial charge in [0.15, 0.2) is 11.6 Å². The molecule has 5 aromatic rings. The number of nitrogens with zero attached hydrogens (tertiary/aromatic N) is 2. The molecule has 3 aromatic carbocycles. The van der Waals surface area contributed by atoms with Crippen LogP contribution in [0.2, 0.25) is 0 Å². The molecule has 52 heteroatoms. The van der Waals surface area contributed by atoms with Crippen molar-refractivity contribution in [1.29, 1.82) is 5.41 Å². The highest BCUT2D eigenvalue weighted by Crippen LogP contribution is 2.57. The van der Waals surface area contributed by atoms with Crippen molar-refractivity contribution in [1.82, 2.24) is 105 Å². The number of ether oxygens (including phenoxy) is 2. The van der Waals surface area contributed by atoms with E-state index in [1.54, 1.807) is 6.92 Å². The summed E-state index contributed by atoms with van der Waals surface area (Å²) in [5.41, 5.74) is 15.5. The minimum atomic E-state index is -1.99. The zero-order valence-corrected chi connectivity index (χ0v) is 75.5. The van der Waals surface area contributed by atoms with Gasteiger partial charge in [-0.2, -0.15) is 0 Å². The van der Waals surface area contributed by atoms with Gasteiger partial charge in [-0.25, -0.2) is 19.6 Å². The number of benzene rings is 3. The Balaban J connectivity index is 0.943. The van der Waals surface area contributed by atoms with Crippen molar-refractivity contribution < 1.29 is 136 Å². The number of H-pyrrole nitrogens is 2. The molecule has 30 N–H and O–H groups in total. The number of aromatic hydroxyl groups is 2. The second-order valence-corrected chi connectivity index (χ2v) is 32.7. The first-order chi connectivity index (χ1) is 64.6. The summed E-state index contributed by atoms with van der Waals surface area (Å²) in [7, 11) is 0. The van der Waals surface area contributed by atoms with Crippen LogP contribution in [0.1, 0.15) is 168 Å². The van der Waals surface area contributed by atoms with E-state index in [0.29, 0.717) is 11.1 Å². The Morgan fingerprint density at radius 1 is 0.445 bits per heavy atom. The molecule has 0 fully saturated rings. The number of aromatic amines is 2. The molecular formula is C85H112N24O28. The Kier molecular flexibility index (Phi) is 39.2. The van der Waals surface area contributed by atoms with Crippen molar-refractivity contribution in [3.8, 4) is 23.0 Å². The highest BCUT2D eigenvalue weighted by molar-refractivity contribution is 6.05. The van der Waals surface area contributed by atoms with E-state index in [-0.39, 0.29) is 102 Å². The van der Waals surface area contributed by atoms with Crippen molar-refractivity contribution in [2.75, 3.05) is 19.6 Å². The fraction of sp³-hybridized carbons (Fsp3) is 0.459. The minimum Gasteiger partial charge on any atom is -0.508 e. The van der Waals surface area contributed by atoms with Crippen LogP contribution < -0.4 is 107 Å². The molecular weight excluding hydrogens is 1810 g/mol. The van der Waals surface area contributed by atoms with Crippen LogP contribution >= 0.6 is 0 Å². The van der Waals surface area contributed by atoms with Gasteiger partial charge in [0.25, 0.3) is 5.91 Å². The Labute approximate surface area is 780 Å². The van der Waals surface area contributed by atoms with Gasteiger partial charge in [0.1, 0.15) is 102 Å². The first-order valence-corrected chi connectivity index (χ1v) is 43.1. The maximum absolute atomic E-state index is 14.3. The van der Waals surface area contributed by atoms with E-state index in [4.69, 9.17) is 32.1 Å². The number of carboxylic acids is 3. The molecule has 0 bridgehead atoms. The number of aliphatic carboxylic acids is 3. The maximum atomic E-state index is 14.3. The van der Waals surface area contributed by atoms with E-state index in [2.05, 4.69) is 105 Å². The lowest BCUT2D eigenvalue weighted by molar-refractivity contribution is -0.142. The third-order valence-corrected chi connectivity index (χ3v) is 21.7. The standard InChI is InChI=1S/C85H112N24O28/c1-9-38(4)68(81(132)107-58(30-62(87)113)79(130)104-53(19-22-65(116)117)75(126)98-39(5)69(120)93-33-63(114)101-55(82(133)134)11-10-24-92-84(88)89)109-76(127)54(20-23-66(118)119)102-71(122)42(8)100-77(128)56(26-44-31-90-35-95-44)105-72(123)41(7)97-70(121)40(6)99-78(129)57(27-45-32-91-36-96-45)106-80(131)67(37(2)3)108-64(115)34-94-74(125)52(18-21-61(86)112)103-73(124)43-12-15-49-48(25-43)83(135)137-85(49)50-16-13-46(110)28-59(50)136-60-29-47(111)14-17-51(60)85/h12-17,25,28-29,31-32,35-42,52-58,67-68,110-111H,9-11,18-24,26-27,30,33-34H2,1-8H3,(H2,86,112)(H2,87,113)(H,90,95)(H,91,96)(H,93,120)(H,94,125)(H,97,121)(H,98,126)(H,99,129)(H,100,128)(H,101,114)(H,102,122)(H,103,124)(H,104,130)(H,105,123)(H,106,131)(H,107,132)(H,108,115)(H,109,127)(H,116,117)(H,118,119)(H,133,134)(H4,88,89,92)/t38-,39-,40-,41-,42-,52-,53-,54-,55-,56-,57-,58-,67-,68-/m0/s1. The summed E-state index contributed by atoms with van der Waals surface area (Å²) < 4.78 is 12.1. The number of phenolic OH excluding ortho intramolecular Hbond substituents is 2. The summed E-state index contributed by atoms with van der Waals surface area (Å²) in [6.07, 6.45) is -0.0472.